The number of hydrogen-bond acceptors (Lipinski definition) is 6. The lowest BCUT2D eigenvalue weighted by molar-refractivity contribution is 0.0704. The summed E-state index contributed by atoms with van der Waals surface area (Å²) < 4.78 is 36.7. The van der Waals surface area contributed by atoms with Gasteiger partial charge in [-0.2, -0.15) is 8.42 Å². The number of benzene rings is 2. The number of ether oxygens (including phenoxy) is 1. The van der Waals surface area contributed by atoms with Crippen LogP contribution in [0.25, 0.3) is 0 Å². The SMILES string of the molecule is CC#CCOc1ccc(S(=O)(=O)Oc2c(C(=O)NO)cc(C(C)C)cc2C(C)C)cc1. The third-order valence-corrected chi connectivity index (χ3v) is 5.80. The quantitative estimate of drug-likeness (QED) is 0.273. The van der Waals surface area contributed by atoms with Crippen molar-refractivity contribution in [3.63, 3.8) is 0 Å². The first-order valence-corrected chi connectivity index (χ1v) is 11.2. The van der Waals surface area contributed by atoms with Gasteiger partial charge in [0.05, 0.1) is 5.56 Å². The van der Waals surface area contributed by atoms with Crippen LogP contribution in [0.3, 0.4) is 0 Å². The van der Waals surface area contributed by atoms with Gasteiger partial charge in [0, 0.05) is 0 Å². The minimum Gasteiger partial charge on any atom is -0.481 e. The maximum Gasteiger partial charge on any atom is 0.339 e. The Morgan fingerprint density at radius 1 is 1.10 bits per heavy atom. The molecule has 0 aliphatic rings. The van der Waals surface area contributed by atoms with Crippen LogP contribution >= 0.6 is 0 Å². The summed E-state index contributed by atoms with van der Waals surface area (Å²) in [5.74, 6) is 4.91. The first-order chi connectivity index (χ1) is 14.6. The molecule has 166 valence electrons. The number of nitrogens with one attached hydrogen (secondary N) is 1. The summed E-state index contributed by atoms with van der Waals surface area (Å²) in [6, 6.07) is 9.06. The molecule has 8 heteroatoms. The fraction of sp³-hybridized carbons (Fsp3) is 0.348. The van der Waals surface area contributed by atoms with E-state index in [2.05, 4.69) is 11.8 Å². The van der Waals surface area contributed by atoms with E-state index in [4.69, 9.17) is 8.92 Å². The van der Waals surface area contributed by atoms with Crippen LogP contribution in [0.1, 0.15) is 67.9 Å². The van der Waals surface area contributed by atoms with Crippen molar-refractivity contribution in [1.82, 2.24) is 5.48 Å². The van der Waals surface area contributed by atoms with E-state index in [9.17, 15) is 18.4 Å². The van der Waals surface area contributed by atoms with E-state index in [-0.39, 0.29) is 34.7 Å². The Hall–Kier alpha value is -3.02. The minimum atomic E-state index is -4.25. The summed E-state index contributed by atoms with van der Waals surface area (Å²) in [6.07, 6.45) is 0. The lowest BCUT2D eigenvalue weighted by Gasteiger charge is -2.20. The molecule has 0 unspecified atom stereocenters. The molecule has 31 heavy (non-hydrogen) atoms. The Labute approximate surface area is 183 Å². The van der Waals surface area contributed by atoms with Crippen molar-refractivity contribution in [3.8, 4) is 23.3 Å². The highest BCUT2D eigenvalue weighted by molar-refractivity contribution is 7.87. The highest BCUT2D eigenvalue weighted by Gasteiger charge is 2.26. The maximum absolute atomic E-state index is 13.0. The normalized spacial score (nSPS) is 11.1. The van der Waals surface area contributed by atoms with Gasteiger partial charge < -0.3 is 8.92 Å². The molecule has 0 fully saturated rings. The van der Waals surface area contributed by atoms with Crippen molar-refractivity contribution in [2.75, 3.05) is 6.61 Å². The van der Waals surface area contributed by atoms with E-state index < -0.39 is 16.0 Å². The van der Waals surface area contributed by atoms with Crippen LogP contribution in [0.5, 0.6) is 11.5 Å². The molecule has 7 nitrogen and oxygen atoms in total. The van der Waals surface area contributed by atoms with Gasteiger partial charge in [0.25, 0.3) is 5.91 Å². The third kappa shape index (κ3) is 6.00. The van der Waals surface area contributed by atoms with Crippen molar-refractivity contribution >= 4 is 16.0 Å². The van der Waals surface area contributed by atoms with Crippen LogP contribution in [0.2, 0.25) is 0 Å². The molecule has 2 aromatic rings. The zero-order valence-electron chi connectivity index (χ0n) is 18.2. The molecule has 0 bridgehead atoms. The van der Waals surface area contributed by atoms with Gasteiger partial charge in [-0.05, 0) is 60.2 Å². The van der Waals surface area contributed by atoms with Gasteiger partial charge in [0.15, 0.2) is 5.75 Å². The Kier molecular flexibility index (Phi) is 8.08. The van der Waals surface area contributed by atoms with Crippen molar-refractivity contribution in [1.29, 1.82) is 0 Å². The zero-order valence-corrected chi connectivity index (χ0v) is 19.0. The molecule has 0 heterocycles. The molecular formula is C23H27NO6S. The molecular weight excluding hydrogens is 418 g/mol. The van der Waals surface area contributed by atoms with E-state index in [0.29, 0.717) is 11.3 Å². The third-order valence-electron chi connectivity index (χ3n) is 4.57. The van der Waals surface area contributed by atoms with Crippen LogP contribution < -0.4 is 14.4 Å². The smallest absolute Gasteiger partial charge is 0.339 e. The summed E-state index contributed by atoms with van der Waals surface area (Å²) in [6.45, 7) is 9.52. The van der Waals surface area contributed by atoms with E-state index in [1.807, 2.05) is 33.8 Å². The highest BCUT2D eigenvalue weighted by Crippen LogP contribution is 2.36. The number of hydroxylamine groups is 1. The first kappa shape index (κ1) is 24.3. The molecule has 2 N–H and O–H groups in total. The summed E-state index contributed by atoms with van der Waals surface area (Å²) in [5, 5.41) is 9.18. The van der Waals surface area contributed by atoms with Crippen molar-refractivity contribution in [3.05, 3.63) is 53.1 Å². The molecule has 0 aromatic heterocycles. The molecule has 0 aliphatic carbocycles. The number of hydrogen-bond donors (Lipinski definition) is 2. The van der Waals surface area contributed by atoms with Gasteiger partial charge in [-0.15, -0.1) is 5.92 Å². The molecule has 0 atom stereocenters. The van der Waals surface area contributed by atoms with Gasteiger partial charge in [0.2, 0.25) is 0 Å². The number of rotatable bonds is 8. The fourth-order valence-electron chi connectivity index (χ4n) is 2.81. The summed E-state index contributed by atoms with van der Waals surface area (Å²) in [4.78, 5) is 12.2. The van der Waals surface area contributed by atoms with Crippen molar-refractivity contribution in [2.45, 2.75) is 51.3 Å². The molecule has 2 aromatic carbocycles. The molecule has 2 rings (SSSR count). The second-order valence-corrected chi connectivity index (χ2v) is 9.01. The van der Waals surface area contributed by atoms with Gasteiger partial charge in [-0.1, -0.05) is 39.7 Å². The van der Waals surface area contributed by atoms with E-state index in [1.54, 1.807) is 12.4 Å². The molecule has 0 radical (unpaired) electrons. The van der Waals surface area contributed by atoms with Crippen LogP contribution in [-0.4, -0.2) is 26.1 Å². The Morgan fingerprint density at radius 2 is 1.74 bits per heavy atom. The molecule has 0 saturated heterocycles. The van der Waals surface area contributed by atoms with Crippen LogP contribution in [0, 0.1) is 11.8 Å². The van der Waals surface area contributed by atoms with Gasteiger partial charge in [-0.3, -0.25) is 10.0 Å². The largest absolute Gasteiger partial charge is 0.481 e. The average Bonchev–Trinajstić information content (AvgIpc) is 2.73. The van der Waals surface area contributed by atoms with Crippen LogP contribution in [0.15, 0.2) is 41.3 Å². The van der Waals surface area contributed by atoms with Gasteiger partial charge in [0.1, 0.15) is 17.3 Å². The molecule has 0 saturated carbocycles. The molecule has 0 spiro atoms. The van der Waals surface area contributed by atoms with Crippen molar-refractivity contribution in [2.24, 2.45) is 0 Å². The standard InChI is InChI=1S/C23H27NO6S/c1-6-7-12-29-18-8-10-19(11-9-18)31(27,28)30-22-20(16(4)5)13-17(15(2)3)14-21(22)23(25)24-26/h8-11,13-16,26H,12H2,1-5H3,(H,24,25). The number of amides is 1. The molecule has 0 aliphatic heterocycles. The number of carbonyl (C=O) groups excluding carboxylic acids is 1. The fourth-order valence-corrected chi connectivity index (χ4v) is 3.78. The maximum atomic E-state index is 13.0. The monoisotopic (exact) mass is 445 g/mol. The molecule has 1 amide bonds. The number of carbonyl (C=O) groups is 1. The Bertz CT molecular complexity index is 1090. The summed E-state index contributed by atoms with van der Waals surface area (Å²) in [7, 11) is -4.25. The Morgan fingerprint density at radius 3 is 2.26 bits per heavy atom. The van der Waals surface area contributed by atoms with Crippen molar-refractivity contribution < 1.29 is 27.3 Å². The van der Waals surface area contributed by atoms with E-state index in [1.165, 1.54) is 30.3 Å². The summed E-state index contributed by atoms with van der Waals surface area (Å²) in [5.41, 5.74) is 2.88. The zero-order chi connectivity index (χ0) is 23.2. The van der Waals surface area contributed by atoms with Crippen LogP contribution in [0.4, 0.5) is 0 Å². The second-order valence-electron chi connectivity index (χ2n) is 7.46. The minimum absolute atomic E-state index is 0.0564. The highest BCUT2D eigenvalue weighted by atomic mass is 32.2. The van der Waals surface area contributed by atoms with Gasteiger partial charge in [-0.25, -0.2) is 5.48 Å². The Balaban J connectivity index is 2.49. The predicted octanol–water partition coefficient (Wildman–Crippen LogP) is 4.22. The average molecular weight is 446 g/mol. The topological polar surface area (TPSA) is 102 Å². The predicted molar refractivity (Wildman–Crippen MR) is 117 cm³/mol. The lowest BCUT2D eigenvalue weighted by Crippen LogP contribution is -2.22. The van der Waals surface area contributed by atoms with E-state index >= 15 is 0 Å². The van der Waals surface area contributed by atoms with Gasteiger partial charge >= 0.3 is 10.1 Å². The first-order valence-electron chi connectivity index (χ1n) is 9.80. The second kappa shape index (κ2) is 10.3. The van der Waals surface area contributed by atoms with E-state index in [0.717, 1.165) is 5.56 Å². The van der Waals surface area contributed by atoms with Crippen LogP contribution in [-0.2, 0) is 10.1 Å². The summed E-state index contributed by atoms with van der Waals surface area (Å²) >= 11 is 0. The lowest BCUT2D eigenvalue weighted by atomic mass is 9.92.